The summed E-state index contributed by atoms with van der Waals surface area (Å²) in [5, 5.41) is 3.41. The van der Waals surface area contributed by atoms with Gasteiger partial charge in [-0.2, -0.15) is 0 Å². The Balaban J connectivity index is 1.44. The smallest absolute Gasteiger partial charge is 0.116 e. The lowest BCUT2D eigenvalue weighted by Gasteiger charge is -2.36. The van der Waals surface area contributed by atoms with E-state index >= 15 is 0 Å². The van der Waals surface area contributed by atoms with Crippen molar-refractivity contribution in [3.8, 4) is 22.3 Å². The number of unbranched alkanes of at least 4 members (excludes halogenated alkanes) is 3. The second-order valence-electron chi connectivity index (χ2n) is 14.5. The molecule has 0 unspecified atom stereocenters. The zero-order chi connectivity index (χ0) is 31.6. The fourth-order valence-electron chi connectivity index (χ4n) is 8.16. The lowest BCUT2D eigenvalue weighted by atomic mass is 9.97. The van der Waals surface area contributed by atoms with Crippen LogP contribution in [0.3, 0.4) is 0 Å². The Kier molecular flexibility index (Phi) is 9.18. The van der Waals surface area contributed by atoms with E-state index in [0.717, 1.165) is 25.9 Å². The summed E-state index contributed by atoms with van der Waals surface area (Å²) in [5.41, 5.74) is 14.7. The largest absolute Gasteiger partial charge is 0.376 e. The first-order valence-corrected chi connectivity index (χ1v) is 19.8. The van der Waals surface area contributed by atoms with Crippen LogP contribution in [0.4, 0.5) is 0 Å². The summed E-state index contributed by atoms with van der Waals surface area (Å²) in [6.45, 7) is 14.9. The standard InChI is InChI=1S/C43H50OSi/c1-31-29-35-23-17-25-37(33-19-11-9-12-20-33)39(35)41(31)45(6,28-16-8-7-15-27-44-43(3,4)5)42-32(2)30-36-24-18-26-38(40(36)42)34-21-13-10-14-22-34/h9-14,17-26H,7-8,15-16,27-30H2,1-6H3. The van der Waals surface area contributed by atoms with E-state index in [2.05, 4.69) is 138 Å². The van der Waals surface area contributed by atoms with E-state index < -0.39 is 8.07 Å². The van der Waals surface area contributed by atoms with Crippen LogP contribution in [-0.4, -0.2) is 20.3 Å². The maximum atomic E-state index is 6.05. The third kappa shape index (κ3) is 6.46. The molecule has 0 aromatic heterocycles. The van der Waals surface area contributed by atoms with Gasteiger partial charge in [0, 0.05) is 6.61 Å². The summed E-state index contributed by atoms with van der Waals surface area (Å²) in [6.07, 6.45) is 7.02. The van der Waals surface area contributed by atoms with E-state index in [-0.39, 0.29) is 5.60 Å². The van der Waals surface area contributed by atoms with E-state index in [1.165, 1.54) is 58.7 Å². The zero-order valence-corrected chi connectivity index (χ0v) is 29.3. The molecule has 6 rings (SSSR count). The van der Waals surface area contributed by atoms with Crippen LogP contribution in [0.2, 0.25) is 12.6 Å². The Morgan fingerprint density at radius 3 is 1.51 bits per heavy atom. The number of fused-ring (bicyclic) bond motifs is 2. The number of allylic oxidation sites excluding steroid dienone is 2. The molecule has 4 aromatic rings. The molecule has 0 saturated carbocycles. The van der Waals surface area contributed by atoms with Gasteiger partial charge in [-0.15, -0.1) is 0 Å². The van der Waals surface area contributed by atoms with Gasteiger partial charge in [0.25, 0.3) is 0 Å². The average molecular weight is 611 g/mol. The molecular formula is C43H50OSi. The summed E-state index contributed by atoms with van der Waals surface area (Å²) in [5.74, 6) is 0. The van der Waals surface area contributed by atoms with Crippen molar-refractivity contribution in [2.24, 2.45) is 0 Å². The van der Waals surface area contributed by atoms with Crippen LogP contribution >= 0.6 is 0 Å². The topological polar surface area (TPSA) is 9.23 Å². The van der Waals surface area contributed by atoms with Gasteiger partial charge in [0.1, 0.15) is 8.07 Å². The van der Waals surface area contributed by atoms with Crippen molar-refractivity contribution in [2.75, 3.05) is 6.61 Å². The van der Waals surface area contributed by atoms with Crippen LogP contribution in [0.25, 0.3) is 32.6 Å². The van der Waals surface area contributed by atoms with Crippen LogP contribution in [0.15, 0.2) is 108 Å². The number of rotatable bonds is 11. The minimum absolute atomic E-state index is 0.0574. The number of hydrogen-bond donors (Lipinski definition) is 0. The Labute approximate surface area is 273 Å². The second-order valence-corrected chi connectivity index (χ2v) is 18.7. The van der Waals surface area contributed by atoms with Crippen molar-refractivity contribution in [3.63, 3.8) is 0 Å². The molecule has 2 heteroatoms. The SMILES string of the molecule is CC1=C([Si](C)(CCCCCCOC(C)(C)C)C2=C(C)Cc3cccc(-c4ccccc4)c32)c2c(cccc2-c2ccccc2)C1. The average Bonchev–Trinajstić information content (AvgIpc) is 3.56. The number of hydrogen-bond acceptors (Lipinski definition) is 1. The highest BCUT2D eigenvalue weighted by atomic mass is 28.3. The van der Waals surface area contributed by atoms with E-state index in [9.17, 15) is 0 Å². The van der Waals surface area contributed by atoms with Gasteiger partial charge in [0.15, 0.2) is 0 Å². The summed E-state index contributed by atoms with van der Waals surface area (Å²) in [6, 6.07) is 37.5. The van der Waals surface area contributed by atoms with E-state index in [1.54, 1.807) is 32.7 Å². The summed E-state index contributed by atoms with van der Waals surface area (Å²) >= 11 is 0. The van der Waals surface area contributed by atoms with Crippen molar-refractivity contribution in [2.45, 2.75) is 91.3 Å². The fraction of sp³-hybridized carbons (Fsp3) is 0.349. The van der Waals surface area contributed by atoms with Crippen molar-refractivity contribution in [1.29, 1.82) is 0 Å². The molecule has 0 aliphatic heterocycles. The lowest BCUT2D eigenvalue weighted by molar-refractivity contribution is -0.00471. The predicted molar refractivity (Wildman–Crippen MR) is 197 cm³/mol. The van der Waals surface area contributed by atoms with E-state index in [4.69, 9.17) is 4.74 Å². The molecule has 0 fully saturated rings. The van der Waals surface area contributed by atoms with Crippen LogP contribution in [-0.2, 0) is 17.6 Å². The first-order valence-electron chi connectivity index (χ1n) is 17.1. The molecule has 0 saturated heterocycles. The van der Waals surface area contributed by atoms with E-state index in [1.807, 2.05) is 0 Å². The molecule has 2 aliphatic carbocycles. The maximum Gasteiger partial charge on any atom is 0.116 e. The quantitative estimate of drug-likeness (QED) is 0.121. The molecule has 0 atom stereocenters. The molecular weight excluding hydrogens is 561 g/mol. The molecule has 0 amide bonds. The van der Waals surface area contributed by atoms with Crippen LogP contribution in [0.1, 0.15) is 82.6 Å². The highest BCUT2D eigenvalue weighted by Gasteiger charge is 2.45. The van der Waals surface area contributed by atoms with Crippen LogP contribution < -0.4 is 0 Å². The van der Waals surface area contributed by atoms with Gasteiger partial charge >= 0.3 is 0 Å². The molecule has 0 N–H and O–H groups in total. The predicted octanol–water partition coefficient (Wildman–Crippen LogP) is 11.9. The van der Waals surface area contributed by atoms with E-state index in [0.29, 0.717) is 0 Å². The van der Waals surface area contributed by atoms with Gasteiger partial charge in [0.2, 0.25) is 0 Å². The molecule has 0 bridgehead atoms. The maximum absolute atomic E-state index is 6.05. The first-order chi connectivity index (χ1) is 21.7. The Morgan fingerprint density at radius 1 is 0.578 bits per heavy atom. The molecule has 4 aromatic carbocycles. The monoisotopic (exact) mass is 610 g/mol. The van der Waals surface area contributed by atoms with Crippen molar-refractivity contribution >= 4 is 18.5 Å². The normalized spacial score (nSPS) is 14.7. The van der Waals surface area contributed by atoms with Gasteiger partial charge in [-0.1, -0.05) is 134 Å². The summed E-state index contributed by atoms with van der Waals surface area (Å²) in [4.78, 5) is 0. The third-order valence-corrected chi connectivity index (χ3v) is 14.9. The molecule has 0 spiro atoms. The summed E-state index contributed by atoms with van der Waals surface area (Å²) < 4.78 is 6.05. The highest BCUT2D eigenvalue weighted by molar-refractivity contribution is 7.10. The Bertz CT molecular complexity index is 1610. The van der Waals surface area contributed by atoms with Crippen LogP contribution in [0.5, 0.6) is 0 Å². The summed E-state index contributed by atoms with van der Waals surface area (Å²) in [7, 11) is -2.21. The molecule has 1 nitrogen and oxygen atoms in total. The van der Waals surface area contributed by atoms with Gasteiger partial charge in [-0.25, -0.2) is 0 Å². The van der Waals surface area contributed by atoms with Gasteiger partial charge < -0.3 is 4.74 Å². The number of benzene rings is 4. The minimum atomic E-state index is -2.21. The third-order valence-electron chi connectivity index (χ3n) is 9.95. The molecule has 0 radical (unpaired) electrons. The van der Waals surface area contributed by atoms with Gasteiger partial charge in [-0.3, -0.25) is 0 Å². The van der Waals surface area contributed by atoms with Gasteiger partial charge in [0.05, 0.1) is 5.60 Å². The Hall–Kier alpha value is -3.46. The molecule has 2 aliphatic rings. The van der Waals surface area contributed by atoms with Crippen molar-refractivity contribution in [3.05, 3.63) is 130 Å². The van der Waals surface area contributed by atoms with Crippen molar-refractivity contribution in [1.82, 2.24) is 0 Å². The minimum Gasteiger partial charge on any atom is -0.376 e. The second kappa shape index (κ2) is 13.1. The highest BCUT2D eigenvalue weighted by Crippen LogP contribution is 2.54. The molecule has 232 valence electrons. The van der Waals surface area contributed by atoms with Crippen molar-refractivity contribution < 1.29 is 4.74 Å². The first kappa shape index (κ1) is 31.5. The fourth-order valence-corrected chi connectivity index (χ4v) is 13.6. The number of ether oxygens (including phenoxy) is 1. The molecule has 0 heterocycles. The van der Waals surface area contributed by atoms with Gasteiger partial charge in [-0.05, 0) is 115 Å². The Morgan fingerprint density at radius 2 is 1.04 bits per heavy atom. The zero-order valence-electron chi connectivity index (χ0n) is 28.3. The lowest BCUT2D eigenvalue weighted by Crippen LogP contribution is -2.35. The molecule has 45 heavy (non-hydrogen) atoms. The van der Waals surface area contributed by atoms with Crippen LogP contribution in [0, 0.1) is 0 Å².